The van der Waals surface area contributed by atoms with Crippen LogP contribution in [-0.4, -0.2) is 49.9 Å². The van der Waals surface area contributed by atoms with Gasteiger partial charge in [-0.1, -0.05) is 20.8 Å². The van der Waals surface area contributed by atoms with Gasteiger partial charge in [-0.25, -0.2) is 8.42 Å². The second-order valence-electron chi connectivity index (χ2n) is 8.64. The Labute approximate surface area is 178 Å². The van der Waals surface area contributed by atoms with Crippen molar-refractivity contribution in [2.45, 2.75) is 44.9 Å². The first-order chi connectivity index (χ1) is 13.7. The lowest BCUT2D eigenvalue weighted by atomic mass is 9.72. The van der Waals surface area contributed by atoms with E-state index in [1.54, 1.807) is 24.3 Å². The maximum absolute atomic E-state index is 12.7. The summed E-state index contributed by atoms with van der Waals surface area (Å²) in [5, 5.41) is 7.93. The average Bonchev–Trinajstić information content (AvgIpc) is 2.66. The molecule has 0 aromatic heterocycles. The molecule has 160 valence electrons. The largest absolute Gasteiger partial charge is 0.379 e. The number of rotatable bonds is 4. The minimum absolute atomic E-state index is 0.259. The number of nitrogens with one attached hydrogen (secondary N) is 2. The number of hydrazone groups is 1. The zero-order valence-corrected chi connectivity index (χ0v) is 18.9. The molecule has 1 aromatic carbocycles. The molecule has 1 aliphatic heterocycles. The molecular weight excluding hydrogens is 408 g/mol. The van der Waals surface area contributed by atoms with Crippen molar-refractivity contribution < 1.29 is 13.2 Å². The smallest absolute Gasteiger partial charge is 0.243 e. The van der Waals surface area contributed by atoms with Crippen molar-refractivity contribution in [1.29, 1.82) is 0 Å². The van der Waals surface area contributed by atoms with Gasteiger partial charge in [-0.2, -0.15) is 9.41 Å². The first-order valence-electron chi connectivity index (χ1n) is 9.96. The molecule has 1 saturated carbocycles. The topological polar surface area (TPSA) is 83.0 Å². The number of sulfonamides is 1. The molecule has 29 heavy (non-hydrogen) atoms. The second-order valence-corrected chi connectivity index (χ2v) is 11.0. The monoisotopic (exact) mass is 438 g/mol. The minimum Gasteiger partial charge on any atom is -0.379 e. The fraction of sp³-hybridized carbons (Fsp3) is 0.600. The predicted molar refractivity (Wildman–Crippen MR) is 120 cm³/mol. The Balaban J connectivity index is 1.58. The summed E-state index contributed by atoms with van der Waals surface area (Å²) < 4.78 is 32.0. The number of ether oxygens (including phenoxy) is 1. The van der Waals surface area contributed by atoms with Crippen molar-refractivity contribution in [2.24, 2.45) is 16.4 Å². The molecule has 1 heterocycles. The van der Waals surface area contributed by atoms with Gasteiger partial charge < -0.3 is 10.1 Å². The summed E-state index contributed by atoms with van der Waals surface area (Å²) in [5.74, 6) is 0.613. The highest BCUT2D eigenvalue weighted by Gasteiger charge is 2.29. The highest BCUT2D eigenvalue weighted by Crippen LogP contribution is 2.36. The molecule has 9 heteroatoms. The Hall–Kier alpha value is -1.55. The van der Waals surface area contributed by atoms with Gasteiger partial charge in [0.15, 0.2) is 5.11 Å². The lowest BCUT2D eigenvalue weighted by molar-refractivity contribution is 0.0730. The maximum atomic E-state index is 12.7. The molecule has 0 bridgehead atoms. The summed E-state index contributed by atoms with van der Waals surface area (Å²) in [4.78, 5) is 0.266. The molecule has 0 amide bonds. The molecule has 2 aliphatic rings. The van der Waals surface area contributed by atoms with Gasteiger partial charge in [0.1, 0.15) is 0 Å². The number of hydrogen-bond acceptors (Lipinski definition) is 5. The highest BCUT2D eigenvalue weighted by molar-refractivity contribution is 7.89. The number of benzene rings is 1. The van der Waals surface area contributed by atoms with Crippen LogP contribution >= 0.6 is 12.2 Å². The van der Waals surface area contributed by atoms with Crippen molar-refractivity contribution >= 4 is 38.8 Å². The average molecular weight is 439 g/mol. The van der Waals surface area contributed by atoms with E-state index in [0.717, 1.165) is 18.6 Å². The third kappa shape index (κ3) is 5.97. The van der Waals surface area contributed by atoms with E-state index in [0.29, 0.717) is 43.0 Å². The Kier molecular flexibility index (Phi) is 6.93. The summed E-state index contributed by atoms with van der Waals surface area (Å²) in [7, 11) is -3.49. The predicted octanol–water partition coefficient (Wildman–Crippen LogP) is 3.20. The lowest BCUT2D eigenvalue weighted by Crippen LogP contribution is -2.40. The van der Waals surface area contributed by atoms with E-state index >= 15 is 0 Å². The van der Waals surface area contributed by atoms with Gasteiger partial charge in [0.25, 0.3) is 0 Å². The van der Waals surface area contributed by atoms with Crippen LogP contribution in [0.15, 0.2) is 34.3 Å². The van der Waals surface area contributed by atoms with Crippen LogP contribution in [0.4, 0.5) is 5.69 Å². The molecular formula is C20H30N4O3S2. The number of anilines is 1. The third-order valence-electron chi connectivity index (χ3n) is 5.20. The normalized spacial score (nSPS) is 24.2. The minimum atomic E-state index is -3.49. The molecule has 0 radical (unpaired) electrons. The van der Waals surface area contributed by atoms with Crippen LogP contribution in [0.1, 0.15) is 40.0 Å². The Morgan fingerprint density at radius 1 is 1.24 bits per heavy atom. The van der Waals surface area contributed by atoms with Gasteiger partial charge in [0, 0.05) is 24.5 Å². The first-order valence-corrected chi connectivity index (χ1v) is 11.8. The molecule has 7 nitrogen and oxygen atoms in total. The molecule has 0 spiro atoms. The quantitative estimate of drug-likeness (QED) is 0.555. The molecule has 1 aliphatic carbocycles. The molecule has 2 fully saturated rings. The van der Waals surface area contributed by atoms with Gasteiger partial charge in [0.05, 0.1) is 18.1 Å². The van der Waals surface area contributed by atoms with Crippen molar-refractivity contribution in [3.05, 3.63) is 24.3 Å². The van der Waals surface area contributed by atoms with Crippen molar-refractivity contribution in [2.75, 3.05) is 31.6 Å². The van der Waals surface area contributed by atoms with E-state index in [4.69, 9.17) is 17.0 Å². The molecule has 1 aromatic rings. The van der Waals surface area contributed by atoms with Gasteiger partial charge in [-0.3, -0.25) is 5.43 Å². The number of nitrogens with zero attached hydrogens (tertiary/aromatic N) is 2. The summed E-state index contributed by atoms with van der Waals surface area (Å²) >= 11 is 5.33. The van der Waals surface area contributed by atoms with Gasteiger partial charge in [-0.05, 0) is 67.1 Å². The van der Waals surface area contributed by atoms with Crippen molar-refractivity contribution in [1.82, 2.24) is 9.73 Å². The van der Waals surface area contributed by atoms with Crippen LogP contribution in [-0.2, 0) is 14.8 Å². The fourth-order valence-electron chi connectivity index (χ4n) is 4.13. The lowest BCUT2D eigenvalue weighted by Gasteiger charge is -2.34. The molecule has 1 atom stereocenters. The van der Waals surface area contributed by atoms with Crippen LogP contribution in [0.5, 0.6) is 0 Å². The van der Waals surface area contributed by atoms with Crippen LogP contribution in [0.25, 0.3) is 0 Å². The Bertz CT molecular complexity index is 860. The van der Waals surface area contributed by atoms with Gasteiger partial charge in [-0.15, -0.1) is 0 Å². The molecule has 1 saturated heterocycles. The van der Waals surface area contributed by atoms with Crippen molar-refractivity contribution in [3.63, 3.8) is 0 Å². The zero-order valence-electron chi connectivity index (χ0n) is 17.3. The van der Waals surface area contributed by atoms with Gasteiger partial charge >= 0.3 is 0 Å². The molecule has 1 unspecified atom stereocenters. The van der Waals surface area contributed by atoms with E-state index in [1.807, 2.05) is 0 Å². The number of thiocarbonyl (C=S) groups is 1. The zero-order chi connectivity index (χ0) is 21.1. The van der Waals surface area contributed by atoms with E-state index in [1.165, 1.54) is 10.7 Å². The van der Waals surface area contributed by atoms with Crippen LogP contribution in [0.2, 0.25) is 0 Å². The first kappa shape index (κ1) is 22.1. The van der Waals surface area contributed by atoms with E-state index in [2.05, 4.69) is 36.6 Å². The fourth-order valence-corrected chi connectivity index (χ4v) is 5.71. The molecule has 3 rings (SSSR count). The van der Waals surface area contributed by atoms with E-state index in [9.17, 15) is 8.42 Å². The second kappa shape index (κ2) is 9.07. The van der Waals surface area contributed by atoms with Gasteiger partial charge in [0.2, 0.25) is 10.0 Å². The Morgan fingerprint density at radius 3 is 2.52 bits per heavy atom. The third-order valence-corrected chi connectivity index (χ3v) is 7.31. The number of morpholine rings is 1. The van der Waals surface area contributed by atoms with Crippen LogP contribution in [0, 0.1) is 11.3 Å². The van der Waals surface area contributed by atoms with Crippen LogP contribution < -0.4 is 10.7 Å². The summed E-state index contributed by atoms with van der Waals surface area (Å²) in [5.41, 5.74) is 5.02. The van der Waals surface area contributed by atoms with Crippen LogP contribution in [0.3, 0.4) is 0 Å². The summed E-state index contributed by atoms with van der Waals surface area (Å²) in [6.07, 6.45) is 3.14. The number of hydrogen-bond donors (Lipinski definition) is 2. The summed E-state index contributed by atoms with van der Waals surface area (Å²) in [6, 6.07) is 6.60. The SMILES string of the molecule is CC1CC(=NNC(=S)Nc2ccc(S(=O)(=O)N3CCOCC3)cc2)CC(C)(C)C1. The van der Waals surface area contributed by atoms with E-state index < -0.39 is 10.0 Å². The highest BCUT2D eigenvalue weighted by atomic mass is 32.2. The summed E-state index contributed by atoms with van der Waals surface area (Å²) in [6.45, 7) is 8.40. The standard InChI is InChI=1S/C20H30N4O3S2/c1-15-12-17(14-20(2,3)13-15)22-23-19(28)21-16-4-6-18(7-5-16)29(25,26)24-8-10-27-11-9-24/h4-7,15H,8-14H2,1-3H3,(H2,21,23,28). The Morgan fingerprint density at radius 2 is 1.90 bits per heavy atom. The maximum Gasteiger partial charge on any atom is 0.243 e. The van der Waals surface area contributed by atoms with Crippen molar-refractivity contribution in [3.8, 4) is 0 Å². The van der Waals surface area contributed by atoms with E-state index in [-0.39, 0.29) is 10.3 Å². The molecule has 2 N–H and O–H groups in total.